The number of urea groups is 1. The van der Waals surface area contributed by atoms with Crippen molar-refractivity contribution in [2.24, 2.45) is 0 Å². The molecule has 0 saturated carbocycles. The zero-order valence-corrected chi connectivity index (χ0v) is 19.2. The molecule has 1 aliphatic heterocycles. The number of nitrogens with one attached hydrogen (secondary N) is 1. The third kappa shape index (κ3) is 4.56. The molecule has 0 bridgehead atoms. The highest BCUT2D eigenvalue weighted by Gasteiger charge is 2.37. The van der Waals surface area contributed by atoms with E-state index in [9.17, 15) is 18.8 Å². The van der Waals surface area contributed by atoms with Crippen LogP contribution < -0.4 is 15.0 Å². The van der Waals surface area contributed by atoms with Crippen LogP contribution in [-0.2, 0) is 16.2 Å². The Bertz CT molecular complexity index is 1350. The van der Waals surface area contributed by atoms with Crippen molar-refractivity contribution in [2.75, 3.05) is 4.90 Å². The Balaban J connectivity index is 1.71. The molecule has 0 radical (unpaired) electrons. The summed E-state index contributed by atoms with van der Waals surface area (Å²) in [7, 11) is 0. The Hall–Kier alpha value is -3.97. The maximum atomic E-state index is 14.0. The summed E-state index contributed by atoms with van der Waals surface area (Å²) in [4.78, 5) is 39.4. The maximum absolute atomic E-state index is 14.0. The summed E-state index contributed by atoms with van der Waals surface area (Å²) in [5.41, 5.74) is 2.41. The van der Waals surface area contributed by atoms with E-state index in [1.54, 1.807) is 49.4 Å². The first-order chi connectivity index (χ1) is 16.3. The van der Waals surface area contributed by atoms with Crippen LogP contribution in [0.15, 0.2) is 66.2 Å². The van der Waals surface area contributed by atoms with Gasteiger partial charge in [0.25, 0.3) is 11.8 Å². The zero-order chi connectivity index (χ0) is 24.4. The van der Waals surface area contributed by atoms with E-state index >= 15 is 0 Å². The van der Waals surface area contributed by atoms with Crippen LogP contribution in [0.3, 0.4) is 0 Å². The van der Waals surface area contributed by atoms with Crippen molar-refractivity contribution < 1.29 is 23.5 Å². The third-order valence-corrected chi connectivity index (χ3v) is 5.77. The molecule has 8 heteroatoms. The van der Waals surface area contributed by atoms with Crippen LogP contribution in [0, 0.1) is 19.7 Å². The second kappa shape index (κ2) is 9.49. The Morgan fingerprint density at radius 1 is 1.03 bits per heavy atom. The van der Waals surface area contributed by atoms with Crippen molar-refractivity contribution in [2.45, 2.75) is 20.5 Å². The number of ether oxygens (including phenoxy) is 1. The standard InChI is InChI=1S/C26H20ClFN2O4/c1-15-6-5-9-22(16(15)2)30-25(32)20(24(31)29-26(30)33)13-18-12-19(27)10-11-23(18)34-14-17-7-3-4-8-21(17)28/h3-13H,14H2,1-2H3,(H,29,31,33)/b20-13+. The van der Waals surface area contributed by atoms with Crippen LogP contribution in [0.4, 0.5) is 14.9 Å². The van der Waals surface area contributed by atoms with Gasteiger partial charge in [0, 0.05) is 16.1 Å². The first-order valence-corrected chi connectivity index (χ1v) is 10.8. The normalized spacial score (nSPS) is 15.0. The molecule has 0 spiro atoms. The monoisotopic (exact) mass is 478 g/mol. The lowest BCUT2D eigenvalue weighted by Crippen LogP contribution is -2.54. The number of amides is 4. The Kier molecular flexibility index (Phi) is 6.47. The topological polar surface area (TPSA) is 75.7 Å². The summed E-state index contributed by atoms with van der Waals surface area (Å²) in [6, 6.07) is 15.2. The highest BCUT2D eigenvalue weighted by Crippen LogP contribution is 2.30. The van der Waals surface area contributed by atoms with E-state index in [1.807, 2.05) is 13.0 Å². The average molecular weight is 479 g/mol. The zero-order valence-electron chi connectivity index (χ0n) is 18.4. The predicted molar refractivity (Wildman–Crippen MR) is 127 cm³/mol. The minimum Gasteiger partial charge on any atom is -0.488 e. The molecule has 1 saturated heterocycles. The molecule has 0 aliphatic carbocycles. The van der Waals surface area contributed by atoms with Gasteiger partial charge in [-0.3, -0.25) is 14.9 Å². The van der Waals surface area contributed by atoms with E-state index in [1.165, 1.54) is 18.2 Å². The number of hydrogen-bond acceptors (Lipinski definition) is 4. The van der Waals surface area contributed by atoms with Crippen molar-refractivity contribution in [3.05, 3.63) is 99.3 Å². The molecule has 1 aliphatic rings. The summed E-state index contributed by atoms with van der Waals surface area (Å²) >= 11 is 6.14. The molecule has 0 unspecified atom stereocenters. The van der Waals surface area contributed by atoms with E-state index in [-0.39, 0.29) is 17.9 Å². The number of rotatable bonds is 5. The fraction of sp³-hybridized carbons (Fsp3) is 0.115. The number of carbonyl (C=O) groups is 3. The third-order valence-electron chi connectivity index (χ3n) is 5.53. The SMILES string of the molecule is Cc1cccc(N2C(=O)NC(=O)/C(=C\c3cc(Cl)ccc3OCc3ccccc3F)C2=O)c1C. The number of aryl methyl sites for hydroxylation is 1. The second-order valence-electron chi connectivity index (χ2n) is 7.74. The number of halogens is 2. The van der Waals surface area contributed by atoms with Gasteiger partial charge in [-0.1, -0.05) is 41.9 Å². The number of imide groups is 2. The Morgan fingerprint density at radius 3 is 2.56 bits per heavy atom. The molecule has 1 fully saturated rings. The molecule has 4 rings (SSSR count). The molecular formula is C26H20ClFN2O4. The van der Waals surface area contributed by atoms with Gasteiger partial charge in [0.2, 0.25) is 0 Å². The summed E-state index contributed by atoms with van der Waals surface area (Å²) in [5, 5.41) is 2.55. The lowest BCUT2D eigenvalue weighted by atomic mass is 10.0. The van der Waals surface area contributed by atoms with Gasteiger partial charge in [-0.05, 0) is 61.4 Å². The largest absolute Gasteiger partial charge is 0.488 e. The molecule has 3 aromatic carbocycles. The second-order valence-corrected chi connectivity index (χ2v) is 8.18. The molecule has 4 amide bonds. The molecule has 172 valence electrons. The van der Waals surface area contributed by atoms with E-state index < -0.39 is 23.7 Å². The van der Waals surface area contributed by atoms with Gasteiger partial charge in [-0.25, -0.2) is 14.1 Å². The number of benzene rings is 3. The van der Waals surface area contributed by atoms with E-state index in [2.05, 4.69) is 5.32 Å². The van der Waals surface area contributed by atoms with Crippen LogP contribution in [-0.4, -0.2) is 17.8 Å². The lowest BCUT2D eigenvalue weighted by molar-refractivity contribution is -0.122. The van der Waals surface area contributed by atoms with Crippen LogP contribution in [0.1, 0.15) is 22.3 Å². The molecule has 1 heterocycles. The van der Waals surface area contributed by atoms with Crippen LogP contribution in [0.2, 0.25) is 5.02 Å². The van der Waals surface area contributed by atoms with Gasteiger partial charge in [0.15, 0.2) is 0 Å². The minimum absolute atomic E-state index is 0.0717. The number of anilines is 1. The summed E-state index contributed by atoms with van der Waals surface area (Å²) in [6.45, 7) is 3.58. The predicted octanol–water partition coefficient (Wildman–Crippen LogP) is 5.34. The number of hydrogen-bond donors (Lipinski definition) is 1. The van der Waals surface area contributed by atoms with Crippen molar-refractivity contribution >= 4 is 41.2 Å². The number of nitrogens with zero attached hydrogens (tertiary/aromatic N) is 1. The Morgan fingerprint density at radius 2 is 1.79 bits per heavy atom. The first-order valence-electron chi connectivity index (χ1n) is 10.4. The molecule has 0 atom stereocenters. The van der Waals surface area contributed by atoms with Crippen molar-refractivity contribution in [1.29, 1.82) is 0 Å². The molecule has 6 nitrogen and oxygen atoms in total. The van der Waals surface area contributed by atoms with E-state index in [0.29, 0.717) is 21.8 Å². The highest BCUT2D eigenvalue weighted by atomic mass is 35.5. The van der Waals surface area contributed by atoms with Crippen LogP contribution in [0.5, 0.6) is 5.75 Å². The van der Waals surface area contributed by atoms with Gasteiger partial charge in [-0.15, -0.1) is 0 Å². The molecule has 3 aromatic rings. The highest BCUT2D eigenvalue weighted by molar-refractivity contribution is 6.39. The fourth-order valence-electron chi connectivity index (χ4n) is 3.54. The first kappa shape index (κ1) is 23.2. The fourth-order valence-corrected chi connectivity index (χ4v) is 3.72. The minimum atomic E-state index is -0.836. The van der Waals surface area contributed by atoms with E-state index in [0.717, 1.165) is 16.0 Å². The van der Waals surface area contributed by atoms with Gasteiger partial charge in [0.05, 0.1) is 5.69 Å². The van der Waals surface area contributed by atoms with Gasteiger partial charge in [0.1, 0.15) is 23.7 Å². The maximum Gasteiger partial charge on any atom is 0.335 e. The smallest absolute Gasteiger partial charge is 0.335 e. The average Bonchev–Trinajstić information content (AvgIpc) is 2.79. The number of carbonyl (C=O) groups excluding carboxylic acids is 3. The quantitative estimate of drug-likeness (QED) is 0.396. The van der Waals surface area contributed by atoms with Gasteiger partial charge >= 0.3 is 6.03 Å². The number of barbiturate groups is 1. The van der Waals surface area contributed by atoms with E-state index in [4.69, 9.17) is 16.3 Å². The molecule has 0 aromatic heterocycles. The van der Waals surface area contributed by atoms with Crippen LogP contribution in [0.25, 0.3) is 6.08 Å². The van der Waals surface area contributed by atoms with Gasteiger partial charge < -0.3 is 4.74 Å². The molecule has 1 N–H and O–H groups in total. The van der Waals surface area contributed by atoms with Crippen molar-refractivity contribution in [1.82, 2.24) is 5.32 Å². The summed E-state index contributed by atoms with van der Waals surface area (Å²) in [5.74, 6) is -1.74. The molecular weight excluding hydrogens is 459 g/mol. The Labute approximate surface area is 200 Å². The van der Waals surface area contributed by atoms with Crippen molar-refractivity contribution in [3.8, 4) is 5.75 Å². The van der Waals surface area contributed by atoms with Crippen LogP contribution >= 0.6 is 11.6 Å². The summed E-state index contributed by atoms with van der Waals surface area (Å²) in [6.07, 6.45) is 1.31. The molecule has 34 heavy (non-hydrogen) atoms. The van der Waals surface area contributed by atoms with Gasteiger partial charge in [-0.2, -0.15) is 0 Å². The summed E-state index contributed by atoms with van der Waals surface area (Å²) < 4.78 is 19.8. The lowest BCUT2D eigenvalue weighted by Gasteiger charge is -2.28. The van der Waals surface area contributed by atoms with Crippen molar-refractivity contribution in [3.63, 3.8) is 0 Å².